The third-order valence-electron chi connectivity index (χ3n) is 6.25. The van der Waals surface area contributed by atoms with Crippen LogP contribution in [0.15, 0.2) is 42.5 Å². The third-order valence-corrected chi connectivity index (χ3v) is 6.58. The molecule has 0 radical (unpaired) electrons. The van der Waals surface area contributed by atoms with E-state index in [2.05, 4.69) is 46.2 Å². The highest BCUT2D eigenvalue weighted by Gasteiger charge is 2.19. The minimum absolute atomic E-state index is 0.0292. The van der Waals surface area contributed by atoms with E-state index in [1.807, 2.05) is 30.3 Å². The molecule has 1 aliphatic rings. The Labute approximate surface area is 211 Å². The van der Waals surface area contributed by atoms with Crippen LogP contribution in [0.1, 0.15) is 68.2 Å². The Morgan fingerprint density at radius 1 is 1.03 bits per heavy atom. The van der Waals surface area contributed by atoms with Crippen molar-refractivity contribution >= 4 is 29.1 Å². The molecule has 1 aliphatic heterocycles. The zero-order valence-corrected chi connectivity index (χ0v) is 21.3. The molecule has 0 fully saturated rings. The van der Waals surface area contributed by atoms with Crippen molar-refractivity contribution in [3.05, 3.63) is 64.4 Å². The number of anilines is 1. The first-order valence-electron chi connectivity index (χ1n) is 12.1. The van der Waals surface area contributed by atoms with E-state index in [4.69, 9.17) is 11.6 Å². The van der Waals surface area contributed by atoms with Crippen LogP contribution in [0.3, 0.4) is 0 Å². The van der Waals surface area contributed by atoms with Crippen molar-refractivity contribution in [2.24, 2.45) is 0 Å². The summed E-state index contributed by atoms with van der Waals surface area (Å²) >= 11 is 6.48. The fourth-order valence-corrected chi connectivity index (χ4v) is 4.40. The molecule has 2 aromatic carbocycles. The standard InChI is InChI=1S/C27H32ClN5O2/c1-27(2,3)19-10-8-18(9-11-19)26(35)29-15-14-24(34)30-20-12-13-22(28)21(17-20)25-32-31-23-7-5-4-6-16-33(23)25/h8-13,17H,4-7,14-16H2,1-3H3,(H,29,35)(H,30,34). The number of nitrogens with one attached hydrogen (secondary N) is 2. The number of aryl methyl sites for hydroxylation is 1. The van der Waals surface area contributed by atoms with Gasteiger partial charge in [-0.2, -0.15) is 0 Å². The second kappa shape index (κ2) is 10.6. The van der Waals surface area contributed by atoms with Gasteiger partial charge in [-0.15, -0.1) is 10.2 Å². The maximum absolute atomic E-state index is 12.5. The molecular weight excluding hydrogens is 462 g/mol. The molecule has 4 rings (SSSR count). The second-order valence-electron chi connectivity index (χ2n) is 9.98. The van der Waals surface area contributed by atoms with Gasteiger partial charge < -0.3 is 15.2 Å². The van der Waals surface area contributed by atoms with Crippen LogP contribution in [0.5, 0.6) is 0 Å². The van der Waals surface area contributed by atoms with E-state index in [1.165, 1.54) is 6.42 Å². The number of rotatable bonds is 6. The van der Waals surface area contributed by atoms with Gasteiger partial charge in [0.05, 0.1) is 5.02 Å². The molecule has 0 bridgehead atoms. The van der Waals surface area contributed by atoms with Crippen molar-refractivity contribution in [3.8, 4) is 11.4 Å². The smallest absolute Gasteiger partial charge is 0.251 e. The fourth-order valence-electron chi connectivity index (χ4n) is 4.20. The number of hydrogen-bond donors (Lipinski definition) is 2. The Balaban J connectivity index is 1.34. The molecule has 0 aliphatic carbocycles. The molecule has 184 valence electrons. The summed E-state index contributed by atoms with van der Waals surface area (Å²) < 4.78 is 2.13. The van der Waals surface area contributed by atoms with Crippen molar-refractivity contribution in [2.45, 2.75) is 64.8 Å². The van der Waals surface area contributed by atoms with Gasteiger partial charge in [0.1, 0.15) is 5.82 Å². The number of benzene rings is 2. The number of amides is 2. The molecule has 0 atom stereocenters. The van der Waals surface area contributed by atoms with Crippen molar-refractivity contribution < 1.29 is 9.59 Å². The quantitative estimate of drug-likeness (QED) is 0.482. The third kappa shape index (κ3) is 6.09. The lowest BCUT2D eigenvalue weighted by molar-refractivity contribution is -0.116. The van der Waals surface area contributed by atoms with Crippen LogP contribution in [-0.4, -0.2) is 33.1 Å². The van der Waals surface area contributed by atoms with Gasteiger partial charge in [0, 0.05) is 42.7 Å². The predicted octanol–water partition coefficient (Wildman–Crippen LogP) is 5.38. The van der Waals surface area contributed by atoms with Crippen molar-refractivity contribution in [1.82, 2.24) is 20.1 Å². The summed E-state index contributed by atoms with van der Waals surface area (Å²) in [6.45, 7) is 7.50. The number of aromatic nitrogens is 3. The number of carbonyl (C=O) groups is 2. The molecule has 0 unspecified atom stereocenters. The van der Waals surface area contributed by atoms with E-state index in [0.29, 0.717) is 16.3 Å². The first-order valence-corrected chi connectivity index (χ1v) is 12.5. The molecule has 8 heteroatoms. The topological polar surface area (TPSA) is 88.9 Å². The number of nitrogens with zero attached hydrogens (tertiary/aromatic N) is 3. The Morgan fingerprint density at radius 3 is 2.54 bits per heavy atom. The van der Waals surface area contributed by atoms with Crippen molar-refractivity contribution in [3.63, 3.8) is 0 Å². The lowest BCUT2D eigenvalue weighted by Gasteiger charge is -2.19. The minimum Gasteiger partial charge on any atom is -0.352 e. The normalized spacial score (nSPS) is 13.6. The van der Waals surface area contributed by atoms with Gasteiger partial charge in [-0.05, 0) is 54.2 Å². The highest BCUT2D eigenvalue weighted by atomic mass is 35.5. The van der Waals surface area contributed by atoms with Crippen molar-refractivity contribution in [2.75, 3.05) is 11.9 Å². The Hall–Kier alpha value is -3.19. The molecule has 3 aromatic rings. The average molecular weight is 494 g/mol. The van der Waals surface area contributed by atoms with Gasteiger partial charge >= 0.3 is 0 Å². The highest BCUT2D eigenvalue weighted by Crippen LogP contribution is 2.31. The van der Waals surface area contributed by atoms with E-state index in [-0.39, 0.29) is 30.2 Å². The first kappa shape index (κ1) is 24.9. The number of carbonyl (C=O) groups excluding carboxylic acids is 2. The molecule has 0 saturated carbocycles. The summed E-state index contributed by atoms with van der Waals surface area (Å²) in [7, 11) is 0. The van der Waals surface area contributed by atoms with Crippen LogP contribution in [0.4, 0.5) is 5.69 Å². The zero-order chi connectivity index (χ0) is 25.0. The lowest BCUT2D eigenvalue weighted by atomic mass is 9.87. The van der Waals surface area contributed by atoms with E-state index >= 15 is 0 Å². The summed E-state index contributed by atoms with van der Waals surface area (Å²) in [5.41, 5.74) is 3.15. The maximum Gasteiger partial charge on any atom is 0.251 e. The zero-order valence-electron chi connectivity index (χ0n) is 20.5. The van der Waals surface area contributed by atoms with E-state index < -0.39 is 0 Å². The fraction of sp³-hybridized carbons (Fsp3) is 0.407. The summed E-state index contributed by atoms with van der Waals surface area (Å²) in [4.78, 5) is 24.9. The van der Waals surface area contributed by atoms with Crippen LogP contribution < -0.4 is 10.6 Å². The van der Waals surface area contributed by atoms with Crippen molar-refractivity contribution in [1.29, 1.82) is 0 Å². The van der Waals surface area contributed by atoms with Crippen LogP contribution in [0.25, 0.3) is 11.4 Å². The van der Waals surface area contributed by atoms with Gasteiger partial charge in [0.15, 0.2) is 5.82 Å². The van der Waals surface area contributed by atoms with Gasteiger partial charge in [0.2, 0.25) is 5.91 Å². The molecule has 2 N–H and O–H groups in total. The van der Waals surface area contributed by atoms with Gasteiger partial charge in [-0.3, -0.25) is 9.59 Å². The lowest BCUT2D eigenvalue weighted by Crippen LogP contribution is -2.27. The van der Waals surface area contributed by atoms with E-state index in [0.717, 1.165) is 48.6 Å². The monoisotopic (exact) mass is 493 g/mol. The Kier molecular flexibility index (Phi) is 7.55. The average Bonchev–Trinajstić information content (AvgIpc) is 3.07. The second-order valence-corrected chi connectivity index (χ2v) is 10.4. The van der Waals surface area contributed by atoms with E-state index in [1.54, 1.807) is 12.1 Å². The van der Waals surface area contributed by atoms with E-state index in [9.17, 15) is 9.59 Å². The molecule has 0 spiro atoms. The molecule has 0 saturated heterocycles. The highest BCUT2D eigenvalue weighted by molar-refractivity contribution is 6.33. The van der Waals surface area contributed by atoms with Crippen LogP contribution in [0.2, 0.25) is 5.02 Å². The van der Waals surface area contributed by atoms with Gasteiger partial charge in [-0.1, -0.05) is 50.9 Å². The Morgan fingerprint density at radius 2 is 1.80 bits per heavy atom. The Bertz CT molecular complexity index is 1210. The largest absolute Gasteiger partial charge is 0.352 e. The first-order chi connectivity index (χ1) is 16.7. The number of hydrogen-bond acceptors (Lipinski definition) is 4. The molecule has 2 heterocycles. The SMILES string of the molecule is CC(C)(C)c1ccc(C(=O)NCCC(=O)Nc2ccc(Cl)c(-c3nnc4n3CCCCC4)c2)cc1. The molecule has 1 aromatic heterocycles. The number of fused-ring (bicyclic) bond motifs is 1. The number of halogens is 1. The maximum atomic E-state index is 12.5. The molecule has 35 heavy (non-hydrogen) atoms. The summed E-state index contributed by atoms with van der Waals surface area (Å²) in [5.74, 6) is 1.32. The van der Waals surface area contributed by atoms with Gasteiger partial charge in [-0.25, -0.2) is 0 Å². The van der Waals surface area contributed by atoms with Crippen LogP contribution in [0, 0.1) is 0 Å². The minimum atomic E-state index is -0.195. The van der Waals surface area contributed by atoms with Gasteiger partial charge in [0.25, 0.3) is 5.91 Å². The van der Waals surface area contributed by atoms with Crippen LogP contribution in [-0.2, 0) is 23.2 Å². The van der Waals surface area contributed by atoms with Crippen LogP contribution >= 0.6 is 11.6 Å². The summed E-state index contributed by atoms with van der Waals surface area (Å²) in [5, 5.41) is 15.0. The summed E-state index contributed by atoms with van der Waals surface area (Å²) in [6, 6.07) is 12.9. The summed E-state index contributed by atoms with van der Waals surface area (Å²) in [6.07, 6.45) is 4.43. The molecule has 7 nitrogen and oxygen atoms in total. The predicted molar refractivity (Wildman–Crippen MR) is 139 cm³/mol. The molecule has 2 amide bonds. The molecular formula is C27H32ClN5O2.